The average Bonchev–Trinajstić information content (AvgIpc) is 3.21. The third kappa shape index (κ3) is 3.95. The molecule has 0 fully saturated rings. The lowest BCUT2D eigenvalue weighted by Crippen LogP contribution is -2.38. The first-order valence-corrected chi connectivity index (χ1v) is 12.9. The van der Waals surface area contributed by atoms with Crippen LogP contribution in [0.3, 0.4) is 0 Å². The summed E-state index contributed by atoms with van der Waals surface area (Å²) in [7, 11) is 0. The molecule has 5 rings (SSSR count). The molecular weight excluding hydrogens is 464 g/mol. The Bertz CT molecular complexity index is 1400. The average molecular weight is 495 g/mol. The minimum absolute atomic E-state index is 0.0169. The second kappa shape index (κ2) is 8.55. The van der Waals surface area contributed by atoms with Crippen molar-refractivity contribution in [1.82, 2.24) is 15.0 Å². The van der Waals surface area contributed by atoms with E-state index in [1.807, 2.05) is 6.92 Å². The predicted octanol–water partition coefficient (Wildman–Crippen LogP) is 4.19. The summed E-state index contributed by atoms with van der Waals surface area (Å²) in [4.78, 5) is 42.6. The lowest BCUT2D eigenvalue weighted by Gasteiger charge is -2.33. The SMILES string of the molecule is CCN1C(=O)COc2ccc(C(=O)C(C)n3nnc4sc5c(c4c3=O)CCC(C(C)(C)C)C5)cc21. The molecule has 0 saturated heterocycles. The number of likely N-dealkylation sites (N-methyl/N-ethyl adjacent to an activating group) is 1. The smallest absolute Gasteiger partial charge is 0.279 e. The minimum atomic E-state index is -0.839. The van der Waals surface area contributed by atoms with Crippen LogP contribution in [-0.4, -0.2) is 39.8 Å². The van der Waals surface area contributed by atoms with Crippen molar-refractivity contribution >= 4 is 38.9 Å². The number of Topliss-reactive ketones (excluding diaryl/α,β-unsaturated/α-hetero) is 1. The van der Waals surface area contributed by atoms with Crippen molar-refractivity contribution in [2.75, 3.05) is 18.1 Å². The molecule has 2 unspecified atom stereocenters. The van der Waals surface area contributed by atoms with Gasteiger partial charge in [-0.3, -0.25) is 14.4 Å². The van der Waals surface area contributed by atoms with E-state index in [-0.39, 0.29) is 29.3 Å². The summed E-state index contributed by atoms with van der Waals surface area (Å²) >= 11 is 1.55. The van der Waals surface area contributed by atoms with Gasteiger partial charge < -0.3 is 9.64 Å². The number of ether oxygens (including phenoxy) is 1. The maximum Gasteiger partial charge on any atom is 0.279 e. The molecule has 8 nitrogen and oxygen atoms in total. The third-order valence-corrected chi connectivity index (χ3v) is 8.51. The number of thiophene rings is 1. The molecule has 0 N–H and O–H groups in total. The molecule has 0 radical (unpaired) electrons. The van der Waals surface area contributed by atoms with Crippen molar-refractivity contribution < 1.29 is 14.3 Å². The Morgan fingerprint density at radius 2 is 2.06 bits per heavy atom. The van der Waals surface area contributed by atoms with E-state index in [1.54, 1.807) is 41.4 Å². The predicted molar refractivity (Wildman–Crippen MR) is 136 cm³/mol. The zero-order valence-corrected chi connectivity index (χ0v) is 21.6. The number of carbonyl (C=O) groups excluding carboxylic acids is 2. The lowest BCUT2D eigenvalue weighted by molar-refractivity contribution is -0.121. The summed E-state index contributed by atoms with van der Waals surface area (Å²) in [5.41, 5.74) is 1.97. The first-order valence-electron chi connectivity index (χ1n) is 12.1. The van der Waals surface area contributed by atoms with Crippen LogP contribution in [0, 0.1) is 11.3 Å². The molecule has 1 aliphatic carbocycles. The van der Waals surface area contributed by atoms with E-state index in [2.05, 4.69) is 31.1 Å². The number of ketones is 1. The van der Waals surface area contributed by atoms with Gasteiger partial charge in [-0.2, -0.15) is 4.68 Å². The van der Waals surface area contributed by atoms with E-state index < -0.39 is 6.04 Å². The van der Waals surface area contributed by atoms with Gasteiger partial charge in [0.2, 0.25) is 0 Å². The Hall–Kier alpha value is -3.07. The van der Waals surface area contributed by atoms with Crippen molar-refractivity contribution in [2.45, 2.75) is 59.9 Å². The van der Waals surface area contributed by atoms with Crippen LogP contribution in [0.5, 0.6) is 5.75 Å². The van der Waals surface area contributed by atoms with Gasteiger partial charge in [-0.15, -0.1) is 16.4 Å². The molecule has 2 aliphatic rings. The topological polar surface area (TPSA) is 94.4 Å². The summed E-state index contributed by atoms with van der Waals surface area (Å²) in [5, 5.41) is 9.10. The standard InChI is InChI=1S/C26H30N4O4S/c1-6-29-18-11-15(7-10-19(18)34-13-21(29)31)23(32)14(2)30-25(33)22-17-9-8-16(26(3,4)5)12-20(17)35-24(22)27-28-30/h7,10-11,14,16H,6,8-9,12-13H2,1-5H3. The van der Waals surface area contributed by atoms with Crippen molar-refractivity contribution in [1.29, 1.82) is 0 Å². The van der Waals surface area contributed by atoms with Gasteiger partial charge in [-0.1, -0.05) is 26.0 Å². The maximum absolute atomic E-state index is 13.5. The highest BCUT2D eigenvalue weighted by molar-refractivity contribution is 7.18. The minimum Gasteiger partial charge on any atom is -0.482 e. The van der Waals surface area contributed by atoms with Crippen LogP contribution in [0.2, 0.25) is 0 Å². The molecule has 3 heterocycles. The summed E-state index contributed by atoms with van der Waals surface area (Å²) in [6.45, 7) is 10.8. The van der Waals surface area contributed by atoms with Crippen LogP contribution in [0.1, 0.15) is 67.9 Å². The Morgan fingerprint density at radius 1 is 1.29 bits per heavy atom. The number of rotatable bonds is 4. The Labute approximate surface area is 207 Å². The van der Waals surface area contributed by atoms with Crippen molar-refractivity contribution in [3.05, 3.63) is 44.6 Å². The molecule has 0 saturated carbocycles. The second-order valence-corrected chi connectivity index (χ2v) is 11.6. The van der Waals surface area contributed by atoms with Gasteiger partial charge in [0.1, 0.15) is 11.8 Å². The zero-order valence-electron chi connectivity index (χ0n) is 20.8. The molecule has 1 aliphatic heterocycles. The van der Waals surface area contributed by atoms with Crippen LogP contribution in [0.25, 0.3) is 10.2 Å². The number of hydrogen-bond acceptors (Lipinski definition) is 7. The fourth-order valence-electron chi connectivity index (χ4n) is 5.15. The molecule has 3 aromatic rings. The highest BCUT2D eigenvalue weighted by Gasteiger charge is 2.33. The van der Waals surface area contributed by atoms with Gasteiger partial charge in [0, 0.05) is 17.0 Å². The van der Waals surface area contributed by atoms with E-state index in [9.17, 15) is 14.4 Å². The molecule has 1 aromatic carbocycles. The molecule has 1 amide bonds. The molecule has 184 valence electrons. The van der Waals surface area contributed by atoms with Gasteiger partial charge >= 0.3 is 0 Å². The van der Waals surface area contributed by atoms with Crippen molar-refractivity contribution in [3.63, 3.8) is 0 Å². The van der Waals surface area contributed by atoms with Gasteiger partial charge in [-0.05, 0) is 68.2 Å². The number of aromatic nitrogens is 3. The maximum atomic E-state index is 13.5. The van der Waals surface area contributed by atoms with Crippen LogP contribution < -0.4 is 15.2 Å². The molecule has 35 heavy (non-hydrogen) atoms. The number of aryl methyl sites for hydroxylation is 1. The van der Waals surface area contributed by atoms with E-state index in [1.165, 1.54) is 9.56 Å². The summed E-state index contributed by atoms with van der Waals surface area (Å²) < 4.78 is 6.71. The first-order chi connectivity index (χ1) is 16.6. The number of hydrogen-bond donors (Lipinski definition) is 0. The monoisotopic (exact) mass is 494 g/mol. The summed E-state index contributed by atoms with van der Waals surface area (Å²) in [6.07, 6.45) is 2.81. The Balaban J connectivity index is 1.49. The molecule has 0 spiro atoms. The zero-order chi connectivity index (χ0) is 25.1. The molecular formula is C26H30N4O4S. The van der Waals surface area contributed by atoms with E-state index in [0.717, 1.165) is 24.8 Å². The van der Waals surface area contributed by atoms with Gasteiger partial charge in [0.05, 0.1) is 11.1 Å². The van der Waals surface area contributed by atoms with Gasteiger partial charge in [0.25, 0.3) is 11.5 Å². The Morgan fingerprint density at radius 3 is 2.77 bits per heavy atom. The van der Waals surface area contributed by atoms with Crippen molar-refractivity contribution in [2.24, 2.45) is 11.3 Å². The highest BCUT2D eigenvalue weighted by Crippen LogP contribution is 2.42. The number of carbonyl (C=O) groups is 2. The molecule has 0 bridgehead atoms. The third-order valence-electron chi connectivity index (χ3n) is 7.37. The molecule has 2 atom stereocenters. The number of nitrogens with zero attached hydrogens (tertiary/aromatic N) is 4. The molecule has 9 heteroatoms. The van der Waals surface area contributed by atoms with Crippen LogP contribution in [0.4, 0.5) is 5.69 Å². The van der Waals surface area contributed by atoms with Crippen LogP contribution in [0.15, 0.2) is 23.0 Å². The fraction of sp³-hybridized carbons (Fsp3) is 0.500. The highest BCUT2D eigenvalue weighted by atomic mass is 32.1. The van der Waals surface area contributed by atoms with Gasteiger partial charge in [0.15, 0.2) is 17.2 Å². The Kier molecular flexibility index (Phi) is 5.78. The fourth-order valence-corrected chi connectivity index (χ4v) is 6.39. The van der Waals surface area contributed by atoms with E-state index in [0.29, 0.717) is 39.7 Å². The first kappa shape index (κ1) is 23.7. The largest absolute Gasteiger partial charge is 0.482 e. The van der Waals surface area contributed by atoms with E-state index in [4.69, 9.17) is 4.74 Å². The van der Waals surface area contributed by atoms with Crippen molar-refractivity contribution in [3.8, 4) is 5.75 Å². The molecule has 2 aromatic heterocycles. The second-order valence-electron chi connectivity index (χ2n) is 10.5. The lowest BCUT2D eigenvalue weighted by atomic mass is 9.72. The number of benzene rings is 1. The van der Waals surface area contributed by atoms with E-state index >= 15 is 0 Å². The van der Waals surface area contributed by atoms with Crippen LogP contribution >= 0.6 is 11.3 Å². The van der Waals surface area contributed by atoms with Crippen LogP contribution in [-0.2, 0) is 17.6 Å². The normalized spacial score (nSPS) is 18.7. The number of amides is 1. The number of fused-ring (bicyclic) bond motifs is 4. The summed E-state index contributed by atoms with van der Waals surface area (Å²) in [5.74, 6) is 0.699. The summed E-state index contributed by atoms with van der Waals surface area (Å²) in [6, 6.07) is 4.18. The van der Waals surface area contributed by atoms with Gasteiger partial charge in [-0.25, -0.2) is 0 Å². The quantitative estimate of drug-likeness (QED) is 0.505. The number of anilines is 1.